The predicted octanol–water partition coefficient (Wildman–Crippen LogP) is 4.22. The number of hydrogen-bond acceptors (Lipinski definition) is 4. The zero-order chi connectivity index (χ0) is 23.2. The molecule has 0 aliphatic carbocycles. The van der Waals surface area contributed by atoms with E-state index in [0.29, 0.717) is 22.7 Å². The molecule has 1 heterocycles. The predicted molar refractivity (Wildman–Crippen MR) is 128 cm³/mol. The molecule has 2 amide bonds. The van der Waals surface area contributed by atoms with Crippen LogP contribution in [0.3, 0.4) is 0 Å². The average Bonchev–Trinajstić information content (AvgIpc) is 3.30. The van der Waals surface area contributed by atoms with Crippen LogP contribution >= 0.6 is 0 Å². The van der Waals surface area contributed by atoms with Crippen molar-refractivity contribution in [3.63, 3.8) is 0 Å². The Morgan fingerprint density at radius 2 is 1.67 bits per heavy atom. The number of nitrogens with one attached hydrogen (secondary N) is 2. The third-order valence-electron chi connectivity index (χ3n) is 5.07. The third-order valence-corrected chi connectivity index (χ3v) is 5.07. The van der Waals surface area contributed by atoms with Gasteiger partial charge in [-0.05, 0) is 36.8 Å². The Hall–Kier alpha value is -4.39. The number of hydrogen-bond donors (Lipinski definition) is 2. The van der Waals surface area contributed by atoms with Gasteiger partial charge in [-0.3, -0.25) is 9.59 Å². The van der Waals surface area contributed by atoms with Crippen molar-refractivity contribution in [2.75, 3.05) is 19.0 Å². The monoisotopic (exact) mass is 440 g/mol. The van der Waals surface area contributed by atoms with Crippen LogP contribution in [-0.2, 0) is 4.79 Å². The fourth-order valence-corrected chi connectivity index (χ4v) is 3.43. The fourth-order valence-electron chi connectivity index (χ4n) is 3.43. The molecule has 0 aliphatic rings. The maximum atomic E-state index is 13.0. The molecule has 0 spiro atoms. The van der Waals surface area contributed by atoms with E-state index in [1.54, 1.807) is 16.9 Å². The lowest BCUT2D eigenvalue weighted by Crippen LogP contribution is -2.33. The second-order valence-corrected chi connectivity index (χ2v) is 7.47. The molecule has 166 valence electrons. The molecular weight excluding hydrogens is 416 g/mol. The van der Waals surface area contributed by atoms with Gasteiger partial charge in [0.2, 0.25) is 5.91 Å². The maximum Gasteiger partial charge on any atom is 0.255 e. The molecule has 0 unspecified atom stereocenters. The number of carbonyl (C=O) groups excluding carboxylic acids is 2. The van der Waals surface area contributed by atoms with Gasteiger partial charge < -0.3 is 15.4 Å². The molecule has 4 rings (SSSR count). The van der Waals surface area contributed by atoms with Gasteiger partial charge in [0, 0.05) is 11.8 Å². The molecule has 33 heavy (non-hydrogen) atoms. The van der Waals surface area contributed by atoms with Crippen LogP contribution in [0.25, 0.3) is 16.9 Å². The summed E-state index contributed by atoms with van der Waals surface area (Å²) in [5, 5.41) is 10.1. The minimum absolute atomic E-state index is 0.194. The van der Waals surface area contributed by atoms with Crippen LogP contribution < -0.4 is 15.4 Å². The van der Waals surface area contributed by atoms with E-state index in [9.17, 15) is 9.59 Å². The molecule has 0 atom stereocenters. The Morgan fingerprint density at radius 3 is 2.36 bits per heavy atom. The average molecular weight is 441 g/mol. The van der Waals surface area contributed by atoms with Crippen molar-refractivity contribution in [3.8, 4) is 22.7 Å². The summed E-state index contributed by atoms with van der Waals surface area (Å²) in [5.41, 5.74) is 4.10. The van der Waals surface area contributed by atoms with E-state index >= 15 is 0 Å². The minimum Gasteiger partial charge on any atom is -0.495 e. The number of aryl methyl sites for hydroxylation is 1. The molecule has 0 fully saturated rings. The summed E-state index contributed by atoms with van der Waals surface area (Å²) in [6.45, 7) is 1.73. The van der Waals surface area contributed by atoms with E-state index in [0.717, 1.165) is 16.8 Å². The first-order valence-electron chi connectivity index (χ1n) is 10.5. The van der Waals surface area contributed by atoms with Crippen LogP contribution in [0.1, 0.15) is 15.9 Å². The Balaban J connectivity index is 1.53. The molecule has 0 aliphatic heterocycles. The van der Waals surface area contributed by atoms with Gasteiger partial charge in [-0.2, -0.15) is 5.10 Å². The van der Waals surface area contributed by atoms with Crippen LogP contribution in [0.5, 0.6) is 5.75 Å². The zero-order valence-electron chi connectivity index (χ0n) is 18.4. The number of nitrogens with zero attached hydrogens (tertiary/aromatic N) is 2. The first-order valence-corrected chi connectivity index (χ1v) is 10.5. The van der Waals surface area contributed by atoms with E-state index in [1.165, 1.54) is 7.11 Å². The topological polar surface area (TPSA) is 85.3 Å². The summed E-state index contributed by atoms with van der Waals surface area (Å²) in [4.78, 5) is 25.6. The molecule has 7 heteroatoms. The summed E-state index contributed by atoms with van der Waals surface area (Å²) < 4.78 is 6.95. The van der Waals surface area contributed by atoms with Gasteiger partial charge >= 0.3 is 0 Å². The number of carbonyl (C=O) groups is 2. The molecule has 1 aromatic heterocycles. The lowest BCUT2D eigenvalue weighted by Gasteiger charge is -2.11. The summed E-state index contributed by atoms with van der Waals surface area (Å²) in [5.74, 6) is -0.192. The molecule has 0 saturated carbocycles. The largest absolute Gasteiger partial charge is 0.495 e. The molecule has 7 nitrogen and oxygen atoms in total. The highest BCUT2D eigenvalue weighted by Gasteiger charge is 2.19. The number of amides is 2. The molecule has 4 aromatic rings. The van der Waals surface area contributed by atoms with Crippen LogP contribution in [0, 0.1) is 6.92 Å². The smallest absolute Gasteiger partial charge is 0.255 e. The van der Waals surface area contributed by atoms with Crippen molar-refractivity contribution >= 4 is 17.5 Å². The van der Waals surface area contributed by atoms with Gasteiger partial charge in [0.15, 0.2) is 0 Å². The van der Waals surface area contributed by atoms with Crippen molar-refractivity contribution < 1.29 is 14.3 Å². The van der Waals surface area contributed by atoms with Crippen molar-refractivity contribution in [3.05, 3.63) is 96.2 Å². The Labute approximate surface area is 192 Å². The maximum absolute atomic E-state index is 13.0. The highest BCUT2D eigenvalue weighted by molar-refractivity contribution is 6.03. The lowest BCUT2D eigenvalue weighted by atomic mass is 10.1. The first-order chi connectivity index (χ1) is 16.0. The summed E-state index contributed by atoms with van der Waals surface area (Å²) in [6, 6.07) is 24.5. The van der Waals surface area contributed by atoms with Gasteiger partial charge in [-0.25, -0.2) is 4.68 Å². The normalized spacial score (nSPS) is 10.5. The van der Waals surface area contributed by atoms with E-state index in [1.807, 2.05) is 79.7 Å². The van der Waals surface area contributed by atoms with Gasteiger partial charge in [0.1, 0.15) is 11.4 Å². The van der Waals surface area contributed by atoms with Crippen molar-refractivity contribution in [2.24, 2.45) is 0 Å². The minimum atomic E-state index is -0.387. The second-order valence-electron chi connectivity index (χ2n) is 7.47. The molecular formula is C26H24N4O3. The molecule has 0 radical (unpaired) electrons. The summed E-state index contributed by atoms with van der Waals surface area (Å²) in [6.07, 6.45) is 1.68. The Kier molecular flexibility index (Phi) is 6.50. The van der Waals surface area contributed by atoms with E-state index < -0.39 is 0 Å². The number of methoxy groups -OCH3 is 1. The van der Waals surface area contributed by atoms with Crippen molar-refractivity contribution in [1.82, 2.24) is 15.1 Å². The number of aromatic nitrogens is 2. The lowest BCUT2D eigenvalue weighted by molar-refractivity contribution is -0.115. The van der Waals surface area contributed by atoms with Crippen molar-refractivity contribution in [1.29, 1.82) is 0 Å². The molecule has 0 bridgehead atoms. The van der Waals surface area contributed by atoms with E-state index in [4.69, 9.17) is 4.74 Å². The van der Waals surface area contributed by atoms with Gasteiger partial charge in [-0.1, -0.05) is 54.6 Å². The van der Waals surface area contributed by atoms with Crippen molar-refractivity contribution in [2.45, 2.75) is 6.92 Å². The molecule has 2 N–H and O–H groups in total. The van der Waals surface area contributed by atoms with Crippen LogP contribution in [0.2, 0.25) is 0 Å². The van der Waals surface area contributed by atoms with E-state index in [2.05, 4.69) is 15.7 Å². The highest BCUT2D eigenvalue weighted by Crippen LogP contribution is 2.25. The molecule has 0 saturated heterocycles. The van der Waals surface area contributed by atoms with Crippen LogP contribution in [0.4, 0.5) is 5.69 Å². The van der Waals surface area contributed by atoms with Crippen LogP contribution in [0.15, 0.2) is 85.1 Å². The summed E-state index contributed by atoms with van der Waals surface area (Å²) in [7, 11) is 1.54. The quantitative estimate of drug-likeness (QED) is 0.451. The van der Waals surface area contributed by atoms with E-state index in [-0.39, 0.29) is 18.4 Å². The summed E-state index contributed by atoms with van der Waals surface area (Å²) >= 11 is 0. The number of rotatable bonds is 7. The number of anilines is 1. The van der Waals surface area contributed by atoms with Gasteiger partial charge in [-0.15, -0.1) is 0 Å². The number of ether oxygens (including phenoxy) is 1. The zero-order valence-corrected chi connectivity index (χ0v) is 18.4. The van der Waals surface area contributed by atoms with Gasteiger partial charge in [0.25, 0.3) is 5.91 Å². The third kappa shape index (κ3) is 5.10. The highest BCUT2D eigenvalue weighted by atomic mass is 16.5. The Morgan fingerprint density at radius 1 is 0.970 bits per heavy atom. The fraction of sp³-hybridized carbons (Fsp3) is 0.115. The standard InChI is InChI=1S/C26H24N4O3/c1-18-13-14-23(33-2)22(15-18)28-24(31)16-27-26(32)21-17-30(20-11-7-4-8-12-20)29-25(21)19-9-5-3-6-10-19/h3-15,17H,16H2,1-2H3,(H,27,32)(H,28,31). The first kappa shape index (κ1) is 21.8. The van der Waals surface area contributed by atoms with Gasteiger partial charge in [0.05, 0.1) is 30.6 Å². The SMILES string of the molecule is COc1ccc(C)cc1NC(=O)CNC(=O)c1cn(-c2ccccc2)nc1-c1ccccc1. The second kappa shape index (κ2) is 9.82. The number of benzene rings is 3. The molecule has 3 aromatic carbocycles. The van der Waals surface area contributed by atoms with Crippen LogP contribution in [-0.4, -0.2) is 35.2 Å². The number of para-hydroxylation sites is 1. The Bertz CT molecular complexity index is 1270.